The van der Waals surface area contributed by atoms with Crippen molar-refractivity contribution in [3.63, 3.8) is 0 Å². The van der Waals surface area contributed by atoms with Crippen molar-refractivity contribution in [1.29, 1.82) is 0 Å². The lowest BCUT2D eigenvalue weighted by Crippen LogP contribution is -2.02. The fourth-order valence-corrected chi connectivity index (χ4v) is 1.28. The largest absolute Gasteiger partial charge is 0.207 e. The monoisotopic (exact) mass is 180 g/mol. The highest BCUT2D eigenvalue weighted by atomic mass is 19.1. The van der Waals surface area contributed by atoms with E-state index in [1.165, 1.54) is 0 Å². The van der Waals surface area contributed by atoms with Crippen molar-refractivity contribution in [3.8, 4) is 0 Å². The lowest BCUT2D eigenvalue weighted by Gasteiger charge is -2.16. The Hall–Kier alpha value is -0.850. The molecule has 1 aromatic carbocycles. The molecule has 0 saturated heterocycles. The Balaban J connectivity index is 2.97. The van der Waals surface area contributed by atoms with Gasteiger partial charge >= 0.3 is 0 Å². The normalized spacial score (nSPS) is 13.4. The van der Waals surface area contributed by atoms with Gasteiger partial charge in [-0.05, 0) is 36.0 Å². The summed E-state index contributed by atoms with van der Waals surface area (Å²) >= 11 is 0. The van der Waals surface area contributed by atoms with Gasteiger partial charge in [0.2, 0.25) is 0 Å². The molecule has 0 bridgehead atoms. The molecule has 72 valence electrons. The third-order valence-corrected chi connectivity index (χ3v) is 2.72. The van der Waals surface area contributed by atoms with Crippen LogP contribution in [0.4, 0.5) is 4.39 Å². The molecule has 1 heteroatoms. The third kappa shape index (κ3) is 2.30. The van der Waals surface area contributed by atoms with Gasteiger partial charge in [0.05, 0.1) is 0 Å². The van der Waals surface area contributed by atoms with Gasteiger partial charge in [0.15, 0.2) is 0 Å². The van der Waals surface area contributed by atoms with Gasteiger partial charge in [-0.15, -0.1) is 0 Å². The molecule has 0 heterocycles. The summed E-state index contributed by atoms with van der Waals surface area (Å²) in [6.07, 6.45) is 0. The Kier molecular flexibility index (Phi) is 3.07. The molecule has 1 rings (SSSR count). The maximum atomic E-state index is 13.2. The van der Waals surface area contributed by atoms with E-state index < -0.39 is 0 Å². The number of hydrogen-bond acceptors (Lipinski definition) is 0. The van der Waals surface area contributed by atoms with E-state index in [0.717, 1.165) is 11.1 Å². The van der Waals surface area contributed by atoms with Crippen LogP contribution in [0.3, 0.4) is 0 Å². The van der Waals surface area contributed by atoms with Crippen LogP contribution in [0.1, 0.15) is 37.8 Å². The summed E-state index contributed by atoms with van der Waals surface area (Å²) in [7, 11) is 0. The Morgan fingerprint density at radius 1 is 1.15 bits per heavy atom. The fraction of sp³-hybridized carbons (Fsp3) is 0.500. The van der Waals surface area contributed by atoms with Crippen LogP contribution < -0.4 is 0 Å². The zero-order valence-electron chi connectivity index (χ0n) is 8.76. The average Bonchev–Trinajstić information content (AvgIpc) is 2.08. The highest BCUT2D eigenvalue weighted by molar-refractivity contribution is 5.25. The summed E-state index contributed by atoms with van der Waals surface area (Å²) in [5.74, 6) is 0.891. The highest BCUT2D eigenvalue weighted by Crippen LogP contribution is 2.24. The van der Waals surface area contributed by atoms with Crippen LogP contribution >= 0.6 is 0 Å². The number of benzene rings is 1. The molecular weight excluding hydrogens is 163 g/mol. The summed E-state index contributed by atoms with van der Waals surface area (Å²) in [5.41, 5.74) is 1.82. The topological polar surface area (TPSA) is 0 Å². The zero-order valence-corrected chi connectivity index (χ0v) is 8.76. The molecule has 0 aliphatic rings. The summed E-state index contributed by atoms with van der Waals surface area (Å²) in [6.45, 7) is 8.23. The summed E-state index contributed by atoms with van der Waals surface area (Å²) in [4.78, 5) is 0. The number of rotatable bonds is 2. The quantitative estimate of drug-likeness (QED) is 0.647. The van der Waals surface area contributed by atoms with Crippen molar-refractivity contribution in [3.05, 3.63) is 35.1 Å². The van der Waals surface area contributed by atoms with Gasteiger partial charge in [0.1, 0.15) is 5.82 Å². The van der Waals surface area contributed by atoms with E-state index in [4.69, 9.17) is 0 Å². The van der Waals surface area contributed by atoms with E-state index in [-0.39, 0.29) is 5.82 Å². The number of halogens is 1. The van der Waals surface area contributed by atoms with Gasteiger partial charge in [-0.2, -0.15) is 0 Å². The Morgan fingerprint density at radius 3 is 2.23 bits per heavy atom. The van der Waals surface area contributed by atoms with E-state index in [1.807, 2.05) is 12.1 Å². The average molecular weight is 180 g/mol. The fourth-order valence-electron chi connectivity index (χ4n) is 1.28. The van der Waals surface area contributed by atoms with Crippen molar-refractivity contribution in [1.82, 2.24) is 0 Å². The summed E-state index contributed by atoms with van der Waals surface area (Å²) in [6, 6.07) is 5.52. The Labute approximate surface area is 79.8 Å². The van der Waals surface area contributed by atoms with Gasteiger partial charge in [0.25, 0.3) is 0 Å². The number of hydrogen-bond donors (Lipinski definition) is 0. The molecule has 1 unspecified atom stereocenters. The predicted octanol–water partition coefficient (Wildman–Crippen LogP) is 3.89. The van der Waals surface area contributed by atoms with Gasteiger partial charge in [-0.1, -0.05) is 32.9 Å². The van der Waals surface area contributed by atoms with E-state index in [1.54, 1.807) is 13.0 Å². The van der Waals surface area contributed by atoms with Gasteiger partial charge in [-0.25, -0.2) is 4.39 Å². The standard InChI is InChI=1S/C12H17F/c1-8(2)10(4)11-6-5-9(3)12(13)7-11/h5-8,10H,1-4H3. The van der Waals surface area contributed by atoms with Crippen LogP contribution in [0.2, 0.25) is 0 Å². The molecule has 1 atom stereocenters. The van der Waals surface area contributed by atoms with Crippen LogP contribution in [0.15, 0.2) is 18.2 Å². The Bertz CT molecular complexity index is 289. The molecule has 0 saturated carbocycles. The van der Waals surface area contributed by atoms with Gasteiger partial charge in [0, 0.05) is 0 Å². The van der Waals surface area contributed by atoms with Crippen molar-refractivity contribution in [2.45, 2.75) is 33.6 Å². The van der Waals surface area contributed by atoms with Gasteiger partial charge in [-0.3, -0.25) is 0 Å². The van der Waals surface area contributed by atoms with Crippen LogP contribution in [0.25, 0.3) is 0 Å². The molecule has 13 heavy (non-hydrogen) atoms. The molecule has 0 N–H and O–H groups in total. The second kappa shape index (κ2) is 3.91. The first-order valence-corrected chi connectivity index (χ1v) is 4.78. The SMILES string of the molecule is Cc1ccc(C(C)C(C)C)cc1F. The molecule has 0 radical (unpaired) electrons. The lowest BCUT2D eigenvalue weighted by molar-refractivity contribution is 0.529. The predicted molar refractivity (Wildman–Crippen MR) is 54.4 cm³/mol. The molecule has 0 amide bonds. The molecule has 0 spiro atoms. The van der Waals surface area contributed by atoms with Gasteiger partial charge < -0.3 is 0 Å². The van der Waals surface area contributed by atoms with Crippen LogP contribution in [0.5, 0.6) is 0 Å². The van der Waals surface area contributed by atoms with Crippen LogP contribution in [0, 0.1) is 18.7 Å². The first-order valence-electron chi connectivity index (χ1n) is 4.78. The van der Waals surface area contributed by atoms with Crippen molar-refractivity contribution < 1.29 is 4.39 Å². The maximum absolute atomic E-state index is 13.2. The molecule has 0 fully saturated rings. The molecule has 0 aliphatic carbocycles. The Morgan fingerprint density at radius 2 is 1.77 bits per heavy atom. The zero-order chi connectivity index (χ0) is 10.0. The maximum Gasteiger partial charge on any atom is 0.126 e. The molecule has 1 aromatic rings. The minimum absolute atomic E-state index is 0.0926. The molecule has 0 aliphatic heterocycles. The molecule has 0 aromatic heterocycles. The number of aryl methyl sites for hydroxylation is 1. The minimum Gasteiger partial charge on any atom is -0.207 e. The van der Waals surface area contributed by atoms with E-state index in [2.05, 4.69) is 20.8 Å². The summed E-state index contributed by atoms with van der Waals surface area (Å²) in [5, 5.41) is 0. The van der Waals surface area contributed by atoms with Crippen molar-refractivity contribution in [2.75, 3.05) is 0 Å². The van der Waals surface area contributed by atoms with Crippen molar-refractivity contribution >= 4 is 0 Å². The second-order valence-corrected chi connectivity index (χ2v) is 4.04. The van der Waals surface area contributed by atoms with Crippen molar-refractivity contribution in [2.24, 2.45) is 5.92 Å². The lowest BCUT2D eigenvalue weighted by atomic mass is 9.90. The first kappa shape index (κ1) is 10.2. The molecule has 0 nitrogen and oxygen atoms in total. The minimum atomic E-state index is -0.0926. The van der Waals surface area contributed by atoms with E-state index in [0.29, 0.717) is 11.8 Å². The first-order chi connectivity index (χ1) is 6.02. The highest BCUT2D eigenvalue weighted by Gasteiger charge is 2.10. The molecular formula is C12H17F. The van der Waals surface area contributed by atoms with E-state index in [9.17, 15) is 4.39 Å². The van der Waals surface area contributed by atoms with Crippen LogP contribution in [-0.2, 0) is 0 Å². The third-order valence-electron chi connectivity index (χ3n) is 2.72. The van der Waals surface area contributed by atoms with E-state index >= 15 is 0 Å². The second-order valence-electron chi connectivity index (χ2n) is 4.04. The summed E-state index contributed by atoms with van der Waals surface area (Å²) < 4.78 is 13.2. The van der Waals surface area contributed by atoms with Crippen LogP contribution in [-0.4, -0.2) is 0 Å². The smallest absolute Gasteiger partial charge is 0.126 e.